The molecule has 0 aromatic carbocycles. The summed E-state index contributed by atoms with van der Waals surface area (Å²) < 4.78 is 0. The number of H-pyrrole nitrogens is 1. The van der Waals surface area contributed by atoms with E-state index in [1.807, 2.05) is 0 Å². The number of carbonyl (C=O) groups is 1. The number of hydrogen-bond donors (Lipinski definition) is 3. The molecule has 1 amide bonds. The fourth-order valence-corrected chi connectivity index (χ4v) is 1.99. The minimum Gasteiger partial charge on any atom is -0.348 e. The number of nitrogens with one attached hydrogen (secondary N) is 3. The molecule has 0 bridgehead atoms. The molecule has 1 aliphatic rings. The lowest BCUT2D eigenvalue weighted by atomic mass is 10.1. The van der Waals surface area contributed by atoms with Crippen molar-refractivity contribution in [2.24, 2.45) is 0 Å². The van der Waals surface area contributed by atoms with Crippen molar-refractivity contribution in [3.05, 3.63) is 33.7 Å². The molecule has 1 fully saturated rings. The van der Waals surface area contributed by atoms with Crippen LogP contribution < -0.4 is 16.2 Å². The number of pyridine rings is 1. The van der Waals surface area contributed by atoms with E-state index in [1.54, 1.807) is 19.1 Å². The lowest BCUT2D eigenvalue weighted by Crippen LogP contribution is -2.46. The smallest absolute Gasteiger partial charge is 0.260 e. The first-order valence-electron chi connectivity index (χ1n) is 5.88. The Balaban J connectivity index is 0.00000162. The lowest BCUT2D eigenvalue weighted by Gasteiger charge is -2.23. The van der Waals surface area contributed by atoms with Crippen LogP contribution in [0, 0.1) is 6.92 Å². The standard InChI is InChI=1S/C12H17N3O2.ClH/c1-8-4-5-10(11(16)14-8)12(17)15-9-3-2-6-13-7-9;/h4-5,9,13H,2-3,6-7H2,1H3,(H,14,16)(H,15,17);1H/t9-;/m0./s1. The Labute approximate surface area is 112 Å². The summed E-state index contributed by atoms with van der Waals surface area (Å²) in [7, 11) is 0. The van der Waals surface area contributed by atoms with Gasteiger partial charge in [-0.15, -0.1) is 12.4 Å². The minimum atomic E-state index is -0.328. The van der Waals surface area contributed by atoms with Gasteiger partial charge < -0.3 is 15.6 Å². The minimum absolute atomic E-state index is 0. The first-order chi connectivity index (χ1) is 8.16. The molecule has 1 aliphatic heterocycles. The summed E-state index contributed by atoms with van der Waals surface area (Å²) in [5.41, 5.74) is 0.610. The predicted octanol–water partition coefficient (Wildman–Crippen LogP) is 0.587. The van der Waals surface area contributed by atoms with Gasteiger partial charge in [-0.2, -0.15) is 0 Å². The fourth-order valence-electron chi connectivity index (χ4n) is 1.99. The highest BCUT2D eigenvalue weighted by atomic mass is 35.5. The number of piperidine rings is 1. The first-order valence-corrected chi connectivity index (χ1v) is 5.88. The van der Waals surface area contributed by atoms with Crippen molar-refractivity contribution in [3.8, 4) is 0 Å². The van der Waals surface area contributed by atoms with Gasteiger partial charge in [0.2, 0.25) is 0 Å². The summed E-state index contributed by atoms with van der Waals surface area (Å²) in [6, 6.07) is 3.42. The van der Waals surface area contributed by atoms with E-state index in [-0.39, 0.29) is 35.5 Å². The average molecular weight is 272 g/mol. The van der Waals surface area contributed by atoms with Gasteiger partial charge in [-0.05, 0) is 38.4 Å². The van der Waals surface area contributed by atoms with E-state index in [9.17, 15) is 9.59 Å². The van der Waals surface area contributed by atoms with Gasteiger partial charge in [-0.25, -0.2) is 0 Å². The molecule has 0 radical (unpaired) electrons. The molecule has 1 atom stereocenters. The molecule has 1 aromatic rings. The average Bonchev–Trinajstić information content (AvgIpc) is 2.30. The molecular formula is C12H18ClN3O2. The number of amides is 1. The van der Waals surface area contributed by atoms with E-state index in [4.69, 9.17) is 0 Å². The zero-order valence-electron chi connectivity index (χ0n) is 10.3. The van der Waals surface area contributed by atoms with Crippen LogP contribution in [0.25, 0.3) is 0 Å². The van der Waals surface area contributed by atoms with E-state index in [2.05, 4.69) is 15.6 Å². The number of aromatic amines is 1. The third kappa shape index (κ3) is 3.58. The molecular weight excluding hydrogens is 254 g/mol. The Morgan fingerprint density at radius 1 is 1.44 bits per heavy atom. The summed E-state index contributed by atoms with van der Waals surface area (Å²) >= 11 is 0. The highest BCUT2D eigenvalue weighted by Gasteiger charge is 2.17. The molecule has 3 N–H and O–H groups in total. The monoisotopic (exact) mass is 271 g/mol. The van der Waals surface area contributed by atoms with Gasteiger partial charge in [0.25, 0.3) is 11.5 Å². The largest absolute Gasteiger partial charge is 0.348 e. The summed E-state index contributed by atoms with van der Waals surface area (Å²) in [6.45, 7) is 3.56. The van der Waals surface area contributed by atoms with Gasteiger partial charge in [-0.1, -0.05) is 0 Å². The van der Waals surface area contributed by atoms with Crippen molar-refractivity contribution in [3.63, 3.8) is 0 Å². The van der Waals surface area contributed by atoms with Crippen LogP contribution in [0.5, 0.6) is 0 Å². The maximum Gasteiger partial charge on any atom is 0.260 e. The number of halogens is 1. The molecule has 1 aromatic heterocycles. The Kier molecular flexibility index (Phi) is 5.37. The Hall–Kier alpha value is -1.33. The van der Waals surface area contributed by atoms with Gasteiger partial charge in [0.15, 0.2) is 0 Å². The molecule has 6 heteroatoms. The predicted molar refractivity (Wildman–Crippen MR) is 72.4 cm³/mol. The molecule has 5 nitrogen and oxygen atoms in total. The van der Waals surface area contributed by atoms with E-state index in [0.29, 0.717) is 0 Å². The van der Waals surface area contributed by atoms with Crippen molar-refractivity contribution in [2.75, 3.05) is 13.1 Å². The van der Waals surface area contributed by atoms with Crippen LogP contribution in [-0.4, -0.2) is 30.0 Å². The topological polar surface area (TPSA) is 74.0 Å². The highest BCUT2D eigenvalue weighted by molar-refractivity contribution is 5.94. The molecule has 0 aliphatic carbocycles. The Morgan fingerprint density at radius 3 is 2.83 bits per heavy atom. The summed E-state index contributed by atoms with van der Waals surface area (Å²) in [5.74, 6) is -0.292. The van der Waals surface area contributed by atoms with Crippen LogP contribution in [0.3, 0.4) is 0 Å². The van der Waals surface area contributed by atoms with Gasteiger partial charge in [-0.3, -0.25) is 9.59 Å². The lowest BCUT2D eigenvalue weighted by molar-refractivity contribution is 0.0929. The van der Waals surface area contributed by atoms with Crippen LogP contribution >= 0.6 is 12.4 Å². The molecule has 0 spiro atoms. The van der Waals surface area contributed by atoms with Crippen LogP contribution in [-0.2, 0) is 0 Å². The van der Waals surface area contributed by atoms with Crippen molar-refractivity contribution >= 4 is 18.3 Å². The van der Waals surface area contributed by atoms with Gasteiger partial charge in [0.05, 0.1) is 0 Å². The number of carbonyl (C=O) groups excluding carboxylic acids is 1. The Bertz CT molecular complexity index is 467. The van der Waals surface area contributed by atoms with Crippen LogP contribution in [0.2, 0.25) is 0 Å². The molecule has 18 heavy (non-hydrogen) atoms. The summed E-state index contributed by atoms with van der Waals surface area (Å²) in [4.78, 5) is 26.1. The van der Waals surface area contributed by atoms with Crippen molar-refractivity contribution in [2.45, 2.75) is 25.8 Å². The van der Waals surface area contributed by atoms with Crippen LogP contribution in [0.15, 0.2) is 16.9 Å². The fraction of sp³-hybridized carbons (Fsp3) is 0.500. The van der Waals surface area contributed by atoms with Gasteiger partial charge >= 0.3 is 0 Å². The zero-order valence-corrected chi connectivity index (χ0v) is 11.1. The molecule has 2 rings (SSSR count). The van der Waals surface area contributed by atoms with E-state index in [1.165, 1.54) is 0 Å². The maximum atomic E-state index is 11.9. The first kappa shape index (κ1) is 14.7. The van der Waals surface area contributed by atoms with Crippen molar-refractivity contribution in [1.82, 2.24) is 15.6 Å². The second-order valence-electron chi connectivity index (χ2n) is 4.40. The quantitative estimate of drug-likeness (QED) is 0.737. The molecule has 1 saturated heterocycles. The number of aryl methyl sites for hydroxylation is 1. The molecule has 0 unspecified atom stereocenters. The number of rotatable bonds is 2. The molecule has 0 saturated carbocycles. The SMILES string of the molecule is Cc1ccc(C(=O)N[C@H]2CCCNC2)c(=O)[nH]1.Cl. The maximum absolute atomic E-state index is 11.9. The molecule has 2 heterocycles. The summed E-state index contributed by atoms with van der Waals surface area (Å²) in [5, 5.41) is 6.09. The van der Waals surface area contributed by atoms with E-state index >= 15 is 0 Å². The normalized spacial score (nSPS) is 18.8. The van der Waals surface area contributed by atoms with Gasteiger partial charge in [0, 0.05) is 18.3 Å². The van der Waals surface area contributed by atoms with Gasteiger partial charge in [0.1, 0.15) is 5.56 Å². The second-order valence-corrected chi connectivity index (χ2v) is 4.40. The third-order valence-corrected chi connectivity index (χ3v) is 2.93. The third-order valence-electron chi connectivity index (χ3n) is 2.93. The van der Waals surface area contributed by atoms with Crippen LogP contribution in [0.4, 0.5) is 0 Å². The van der Waals surface area contributed by atoms with E-state index < -0.39 is 0 Å². The Morgan fingerprint density at radius 2 is 2.22 bits per heavy atom. The van der Waals surface area contributed by atoms with Crippen LogP contribution in [0.1, 0.15) is 28.9 Å². The highest BCUT2D eigenvalue weighted by Crippen LogP contribution is 2.02. The zero-order chi connectivity index (χ0) is 12.3. The van der Waals surface area contributed by atoms with E-state index in [0.717, 1.165) is 31.6 Å². The van der Waals surface area contributed by atoms with Crippen molar-refractivity contribution in [1.29, 1.82) is 0 Å². The molecule has 100 valence electrons. The number of hydrogen-bond acceptors (Lipinski definition) is 3. The summed E-state index contributed by atoms with van der Waals surface area (Å²) in [6.07, 6.45) is 2.01. The number of aromatic nitrogens is 1. The van der Waals surface area contributed by atoms with Crippen molar-refractivity contribution < 1.29 is 4.79 Å². The second kappa shape index (κ2) is 6.56.